The molecule has 16 heavy (non-hydrogen) atoms. The SMILES string of the molecule is C=CCNC(=O)NCCc1cccc(Br)c1. The molecule has 0 saturated heterocycles. The molecule has 0 aliphatic carbocycles. The number of hydrogen-bond donors (Lipinski definition) is 2. The van der Waals surface area contributed by atoms with Crippen molar-refractivity contribution in [3.63, 3.8) is 0 Å². The summed E-state index contributed by atoms with van der Waals surface area (Å²) in [5.74, 6) is 0. The summed E-state index contributed by atoms with van der Waals surface area (Å²) in [5, 5.41) is 5.42. The molecule has 4 heteroatoms. The molecule has 1 aromatic carbocycles. The van der Waals surface area contributed by atoms with E-state index < -0.39 is 0 Å². The van der Waals surface area contributed by atoms with E-state index in [-0.39, 0.29) is 6.03 Å². The lowest BCUT2D eigenvalue weighted by molar-refractivity contribution is 0.242. The topological polar surface area (TPSA) is 41.1 Å². The lowest BCUT2D eigenvalue weighted by Gasteiger charge is -2.06. The third-order valence-corrected chi connectivity index (χ3v) is 2.49. The molecule has 0 heterocycles. The summed E-state index contributed by atoms with van der Waals surface area (Å²) in [7, 11) is 0. The fraction of sp³-hybridized carbons (Fsp3) is 0.250. The maximum absolute atomic E-state index is 11.2. The minimum absolute atomic E-state index is 0.158. The van der Waals surface area contributed by atoms with E-state index in [0.29, 0.717) is 13.1 Å². The number of rotatable bonds is 5. The molecule has 0 bridgehead atoms. The Labute approximate surface area is 104 Å². The minimum atomic E-state index is -0.158. The van der Waals surface area contributed by atoms with Crippen molar-refractivity contribution in [2.24, 2.45) is 0 Å². The Morgan fingerprint density at radius 3 is 2.94 bits per heavy atom. The van der Waals surface area contributed by atoms with E-state index in [1.165, 1.54) is 5.56 Å². The van der Waals surface area contributed by atoms with Crippen LogP contribution in [-0.4, -0.2) is 19.1 Å². The number of hydrogen-bond acceptors (Lipinski definition) is 1. The summed E-state index contributed by atoms with van der Waals surface area (Å²) in [6, 6.07) is 7.89. The van der Waals surface area contributed by atoms with Crippen LogP contribution in [-0.2, 0) is 6.42 Å². The molecule has 0 radical (unpaired) electrons. The van der Waals surface area contributed by atoms with Crippen molar-refractivity contribution >= 4 is 22.0 Å². The van der Waals surface area contributed by atoms with Gasteiger partial charge in [-0.25, -0.2) is 4.79 Å². The number of amides is 2. The van der Waals surface area contributed by atoms with Gasteiger partial charge < -0.3 is 10.6 Å². The first-order valence-electron chi connectivity index (χ1n) is 5.09. The van der Waals surface area contributed by atoms with E-state index in [9.17, 15) is 4.79 Å². The van der Waals surface area contributed by atoms with Crippen molar-refractivity contribution in [2.45, 2.75) is 6.42 Å². The number of carbonyl (C=O) groups is 1. The summed E-state index contributed by atoms with van der Waals surface area (Å²) in [5.41, 5.74) is 1.19. The molecule has 1 aromatic rings. The predicted octanol–water partition coefficient (Wildman–Crippen LogP) is 2.48. The number of carbonyl (C=O) groups excluding carboxylic acids is 1. The molecule has 0 fully saturated rings. The van der Waals surface area contributed by atoms with Crippen molar-refractivity contribution in [1.82, 2.24) is 10.6 Å². The standard InChI is InChI=1S/C12H15BrN2O/c1-2-7-14-12(16)15-8-6-10-4-3-5-11(13)9-10/h2-5,9H,1,6-8H2,(H2,14,15,16). The molecule has 0 aliphatic heterocycles. The molecule has 2 amide bonds. The quantitative estimate of drug-likeness (QED) is 0.801. The summed E-state index contributed by atoms with van der Waals surface area (Å²) in [6.45, 7) is 4.64. The summed E-state index contributed by atoms with van der Waals surface area (Å²) >= 11 is 3.41. The molecule has 0 spiro atoms. The van der Waals surface area contributed by atoms with Crippen LogP contribution < -0.4 is 10.6 Å². The highest BCUT2D eigenvalue weighted by molar-refractivity contribution is 9.10. The lowest BCUT2D eigenvalue weighted by atomic mass is 10.1. The molecule has 0 saturated carbocycles. The lowest BCUT2D eigenvalue weighted by Crippen LogP contribution is -2.36. The van der Waals surface area contributed by atoms with Gasteiger partial charge in [0, 0.05) is 17.6 Å². The average Bonchev–Trinajstić information content (AvgIpc) is 2.26. The second kappa shape index (κ2) is 7.06. The minimum Gasteiger partial charge on any atom is -0.338 e. The zero-order chi connectivity index (χ0) is 11.8. The smallest absolute Gasteiger partial charge is 0.315 e. The second-order valence-corrected chi connectivity index (χ2v) is 4.22. The normalized spacial score (nSPS) is 9.56. The van der Waals surface area contributed by atoms with Crippen molar-refractivity contribution in [3.8, 4) is 0 Å². The highest BCUT2D eigenvalue weighted by atomic mass is 79.9. The molecule has 2 N–H and O–H groups in total. The van der Waals surface area contributed by atoms with Gasteiger partial charge in [0.1, 0.15) is 0 Å². The molecule has 0 aromatic heterocycles. The van der Waals surface area contributed by atoms with Crippen LogP contribution in [0, 0.1) is 0 Å². The molecule has 0 atom stereocenters. The van der Waals surface area contributed by atoms with Crippen LogP contribution in [0.4, 0.5) is 4.79 Å². The van der Waals surface area contributed by atoms with Gasteiger partial charge in [0.15, 0.2) is 0 Å². The van der Waals surface area contributed by atoms with Crippen LogP contribution in [0.15, 0.2) is 41.4 Å². The fourth-order valence-corrected chi connectivity index (χ4v) is 1.69. The van der Waals surface area contributed by atoms with Gasteiger partial charge >= 0.3 is 6.03 Å². The van der Waals surface area contributed by atoms with E-state index in [0.717, 1.165) is 10.9 Å². The van der Waals surface area contributed by atoms with Crippen molar-refractivity contribution in [3.05, 3.63) is 47.0 Å². The van der Waals surface area contributed by atoms with Crippen LogP contribution in [0.2, 0.25) is 0 Å². The Hall–Kier alpha value is -1.29. The summed E-state index contributed by atoms with van der Waals surface area (Å²) < 4.78 is 1.06. The van der Waals surface area contributed by atoms with Gasteiger partial charge in [-0.1, -0.05) is 34.1 Å². The number of nitrogens with one attached hydrogen (secondary N) is 2. The van der Waals surface area contributed by atoms with Crippen LogP contribution in [0.25, 0.3) is 0 Å². The average molecular weight is 283 g/mol. The summed E-state index contributed by atoms with van der Waals surface area (Å²) in [4.78, 5) is 11.2. The predicted molar refractivity (Wildman–Crippen MR) is 69.4 cm³/mol. The maximum atomic E-state index is 11.2. The number of halogens is 1. The third kappa shape index (κ3) is 4.98. The molecule has 86 valence electrons. The van der Waals surface area contributed by atoms with Crippen LogP contribution in [0.3, 0.4) is 0 Å². The molecular formula is C12H15BrN2O. The van der Waals surface area contributed by atoms with Crippen molar-refractivity contribution in [1.29, 1.82) is 0 Å². The number of urea groups is 1. The largest absolute Gasteiger partial charge is 0.338 e. The van der Waals surface area contributed by atoms with Gasteiger partial charge in [-0.3, -0.25) is 0 Å². The van der Waals surface area contributed by atoms with Gasteiger partial charge in [-0.15, -0.1) is 6.58 Å². The van der Waals surface area contributed by atoms with Gasteiger partial charge in [0.2, 0.25) is 0 Å². The van der Waals surface area contributed by atoms with E-state index in [1.807, 2.05) is 24.3 Å². The zero-order valence-corrected chi connectivity index (χ0v) is 10.6. The van der Waals surface area contributed by atoms with Crippen molar-refractivity contribution in [2.75, 3.05) is 13.1 Å². The van der Waals surface area contributed by atoms with Gasteiger partial charge in [0.25, 0.3) is 0 Å². The fourth-order valence-electron chi connectivity index (χ4n) is 1.24. The Bertz CT molecular complexity index is 366. The molecule has 1 rings (SSSR count). The van der Waals surface area contributed by atoms with E-state index in [1.54, 1.807) is 6.08 Å². The van der Waals surface area contributed by atoms with E-state index >= 15 is 0 Å². The third-order valence-electron chi connectivity index (χ3n) is 2.00. The second-order valence-electron chi connectivity index (χ2n) is 3.31. The van der Waals surface area contributed by atoms with Crippen LogP contribution in [0.1, 0.15) is 5.56 Å². The molecule has 3 nitrogen and oxygen atoms in total. The van der Waals surface area contributed by atoms with Gasteiger partial charge in [0.05, 0.1) is 0 Å². The monoisotopic (exact) mass is 282 g/mol. The van der Waals surface area contributed by atoms with E-state index in [4.69, 9.17) is 0 Å². The maximum Gasteiger partial charge on any atom is 0.315 e. The highest BCUT2D eigenvalue weighted by Gasteiger charge is 1.98. The van der Waals surface area contributed by atoms with Crippen LogP contribution >= 0.6 is 15.9 Å². The van der Waals surface area contributed by atoms with E-state index in [2.05, 4.69) is 33.1 Å². The van der Waals surface area contributed by atoms with Crippen molar-refractivity contribution < 1.29 is 4.79 Å². The Balaban J connectivity index is 2.25. The highest BCUT2D eigenvalue weighted by Crippen LogP contribution is 2.11. The Morgan fingerprint density at radius 2 is 2.25 bits per heavy atom. The first-order valence-corrected chi connectivity index (χ1v) is 5.88. The number of benzene rings is 1. The Kier molecular flexibility index (Phi) is 5.64. The Morgan fingerprint density at radius 1 is 1.44 bits per heavy atom. The van der Waals surface area contributed by atoms with Gasteiger partial charge in [-0.05, 0) is 24.1 Å². The summed E-state index contributed by atoms with van der Waals surface area (Å²) in [6.07, 6.45) is 2.47. The molecule has 0 aliphatic rings. The molecular weight excluding hydrogens is 268 g/mol. The first kappa shape index (κ1) is 12.8. The zero-order valence-electron chi connectivity index (χ0n) is 9.00. The first-order chi connectivity index (χ1) is 7.72. The molecule has 0 unspecified atom stereocenters. The van der Waals surface area contributed by atoms with Gasteiger partial charge in [-0.2, -0.15) is 0 Å². The van der Waals surface area contributed by atoms with Crippen LogP contribution in [0.5, 0.6) is 0 Å².